The largest absolute Gasteiger partial charge is 0.497 e. The third-order valence-electron chi connectivity index (χ3n) is 2.83. The Morgan fingerprint density at radius 1 is 1.19 bits per heavy atom. The summed E-state index contributed by atoms with van der Waals surface area (Å²) in [5.41, 5.74) is 0.879. The molecule has 0 atom stereocenters. The van der Waals surface area contributed by atoms with Gasteiger partial charge in [-0.2, -0.15) is 10.5 Å². The van der Waals surface area contributed by atoms with Gasteiger partial charge in [0.2, 0.25) is 5.91 Å². The van der Waals surface area contributed by atoms with Gasteiger partial charge in [-0.05, 0) is 23.8 Å². The van der Waals surface area contributed by atoms with E-state index in [4.69, 9.17) is 15.3 Å². The van der Waals surface area contributed by atoms with E-state index in [-0.39, 0.29) is 18.7 Å². The molecule has 0 saturated carbocycles. The van der Waals surface area contributed by atoms with Gasteiger partial charge in [0.1, 0.15) is 5.75 Å². The number of nitriles is 2. The molecular weight excluding hydrogens is 266 g/mol. The van der Waals surface area contributed by atoms with Gasteiger partial charge in [-0.3, -0.25) is 4.79 Å². The third kappa shape index (κ3) is 5.80. The van der Waals surface area contributed by atoms with Gasteiger partial charge >= 0.3 is 0 Å². The Labute approximate surface area is 124 Å². The lowest BCUT2D eigenvalue weighted by Gasteiger charge is -2.18. The topological polar surface area (TPSA) is 77.1 Å². The summed E-state index contributed by atoms with van der Waals surface area (Å²) in [6, 6.07) is 11.3. The van der Waals surface area contributed by atoms with Gasteiger partial charge in [-0.15, -0.1) is 0 Å². The fraction of sp³-hybridized carbons (Fsp3) is 0.312. The van der Waals surface area contributed by atoms with Crippen LogP contribution in [0, 0.1) is 22.7 Å². The quantitative estimate of drug-likeness (QED) is 0.720. The second-order valence-corrected chi connectivity index (χ2v) is 4.25. The zero-order chi connectivity index (χ0) is 15.5. The number of carbonyl (C=O) groups is 1. The van der Waals surface area contributed by atoms with Crippen molar-refractivity contribution in [2.75, 3.05) is 20.2 Å². The van der Waals surface area contributed by atoms with Gasteiger partial charge in [-0.1, -0.05) is 12.1 Å². The fourth-order valence-corrected chi connectivity index (χ4v) is 1.69. The zero-order valence-corrected chi connectivity index (χ0v) is 12.0. The van der Waals surface area contributed by atoms with Crippen LogP contribution in [0.3, 0.4) is 0 Å². The first-order chi connectivity index (χ1) is 10.2. The molecule has 1 aromatic rings. The maximum atomic E-state index is 12.0. The summed E-state index contributed by atoms with van der Waals surface area (Å²) in [7, 11) is 1.59. The zero-order valence-electron chi connectivity index (χ0n) is 12.0. The highest BCUT2D eigenvalue weighted by Crippen LogP contribution is 2.12. The van der Waals surface area contributed by atoms with Crippen LogP contribution < -0.4 is 4.74 Å². The Bertz CT molecular complexity index is 547. The van der Waals surface area contributed by atoms with E-state index in [0.717, 1.165) is 11.3 Å². The Morgan fingerprint density at radius 2 is 1.76 bits per heavy atom. The van der Waals surface area contributed by atoms with Crippen molar-refractivity contribution in [3.8, 4) is 17.9 Å². The first-order valence-corrected chi connectivity index (χ1v) is 6.56. The molecule has 0 unspecified atom stereocenters. The van der Waals surface area contributed by atoms with Crippen molar-refractivity contribution in [1.82, 2.24) is 4.90 Å². The predicted molar refractivity (Wildman–Crippen MR) is 79.1 cm³/mol. The molecule has 0 N–H and O–H groups in total. The number of ether oxygens (including phenoxy) is 1. The Hall–Kier alpha value is -2.79. The second kappa shape index (κ2) is 9.17. The van der Waals surface area contributed by atoms with Crippen LogP contribution in [0.5, 0.6) is 5.75 Å². The van der Waals surface area contributed by atoms with E-state index in [0.29, 0.717) is 13.1 Å². The number of rotatable bonds is 7. The predicted octanol–water partition coefficient (Wildman–Crippen LogP) is 2.36. The van der Waals surface area contributed by atoms with E-state index in [9.17, 15) is 4.79 Å². The number of carbonyl (C=O) groups excluding carboxylic acids is 1. The molecule has 1 amide bonds. The van der Waals surface area contributed by atoms with Crippen LogP contribution in [0.25, 0.3) is 6.08 Å². The summed E-state index contributed by atoms with van der Waals surface area (Å²) in [5.74, 6) is 0.555. The van der Waals surface area contributed by atoms with Gasteiger partial charge < -0.3 is 9.64 Å². The van der Waals surface area contributed by atoms with Crippen molar-refractivity contribution in [3.63, 3.8) is 0 Å². The lowest BCUT2D eigenvalue weighted by Crippen LogP contribution is -2.31. The number of hydrogen-bond acceptors (Lipinski definition) is 4. The summed E-state index contributed by atoms with van der Waals surface area (Å²) in [6.07, 6.45) is 3.67. The maximum absolute atomic E-state index is 12.0. The van der Waals surface area contributed by atoms with E-state index in [1.807, 2.05) is 36.4 Å². The summed E-state index contributed by atoms with van der Waals surface area (Å²) in [5, 5.41) is 17.2. The molecule has 0 aromatic heterocycles. The van der Waals surface area contributed by atoms with Crippen molar-refractivity contribution in [2.24, 2.45) is 0 Å². The minimum absolute atomic E-state index is 0.198. The Morgan fingerprint density at radius 3 is 2.24 bits per heavy atom. The van der Waals surface area contributed by atoms with Gasteiger partial charge in [-0.25, -0.2) is 0 Å². The lowest BCUT2D eigenvalue weighted by atomic mass is 10.2. The van der Waals surface area contributed by atoms with Crippen LogP contribution in [-0.2, 0) is 4.79 Å². The van der Waals surface area contributed by atoms with Crippen molar-refractivity contribution in [1.29, 1.82) is 10.5 Å². The van der Waals surface area contributed by atoms with E-state index in [2.05, 4.69) is 0 Å². The van der Waals surface area contributed by atoms with Crippen molar-refractivity contribution in [3.05, 3.63) is 35.9 Å². The third-order valence-corrected chi connectivity index (χ3v) is 2.83. The molecule has 0 heterocycles. The summed E-state index contributed by atoms with van der Waals surface area (Å²) < 4.78 is 5.06. The van der Waals surface area contributed by atoms with E-state index >= 15 is 0 Å². The Balaban J connectivity index is 2.67. The van der Waals surface area contributed by atoms with Gasteiger partial charge in [0, 0.05) is 19.2 Å². The minimum Gasteiger partial charge on any atom is -0.497 e. The highest BCUT2D eigenvalue weighted by molar-refractivity contribution is 5.91. The van der Waals surface area contributed by atoms with E-state index in [1.54, 1.807) is 13.2 Å². The average Bonchev–Trinajstić information content (AvgIpc) is 2.53. The number of hydrogen-bond donors (Lipinski definition) is 0. The van der Waals surface area contributed by atoms with Crippen LogP contribution in [0.4, 0.5) is 0 Å². The molecule has 0 aliphatic heterocycles. The molecule has 0 aliphatic rings. The van der Waals surface area contributed by atoms with Crippen LogP contribution in [0.15, 0.2) is 30.3 Å². The number of methoxy groups -OCH3 is 1. The first kappa shape index (κ1) is 16.3. The highest BCUT2D eigenvalue weighted by Gasteiger charge is 2.09. The normalized spacial score (nSPS) is 9.86. The van der Waals surface area contributed by atoms with E-state index < -0.39 is 0 Å². The van der Waals surface area contributed by atoms with E-state index in [1.165, 1.54) is 11.0 Å². The lowest BCUT2D eigenvalue weighted by molar-refractivity contribution is -0.125. The molecule has 0 saturated heterocycles. The molecule has 0 spiro atoms. The molecule has 108 valence electrons. The van der Waals surface area contributed by atoms with Gasteiger partial charge in [0.15, 0.2) is 0 Å². The van der Waals surface area contributed by atoms with Crippen LogP contribution >= 0.6 is 0 Å². The van der Waals surface area contributed by atoms with Gasteiger partial charge in [0.05, 0.1) is 32.1 Å². The summed E-state index contributed by atoms with van der Waals surface area (Å²) >= 11 is 0. The number of nitrogens with zero attached hydrogens (tertiary/aromatic N) is 3. The van der Waals surface area contributed by atoms with Crippen molar-refractivity contribution < 1.29 is 9.53 Å². The molecular formula is C16H17N3O2. The monoisotopic (exact) mass is 283 g/mol. The SMILES string of the molecule is COc1ccc(C=CC(=O)N(CCC#N)CCC#N)cc1. The van der Waals surface area contributed by atoms with Crippen LogP contribution in [0.1, 0.15) is 18.4 Å². The number of amides is 1. The molecule has 5 heteroatoms. The molecule has 0 radical (unpaired) electrons. The van der Waals surface area contributed by atoms with Crippen LogP contribution in [0.2, 0.25) is 0 Å². The molecule has 0 aliphatic carbocycles. The maximum Gasteiger partial charge on any atom is 0.246 e. The average molecular weight is 283 g/mol. The molecule has 1 rings (SSSR count). The smallest absolute Gasteiger partial charge is 0.246 e. The molecule has 0 bridgehead atoms. The molecule has 1 aromatic carbocycles. The Kier molecular flexibility index (Phi) is 7.10. The standard InChI is InChI=1S/C16H17N3O2/c1-21-15-7-4-14(5-8-15)6-9-16(20)19(12-2-10-17)13-3-11-18/h4-9H,2-3,12-13H2,1H3. The first-order valence-electron chi connectivity index (χ1n) is 6.56. The second-order valence-electron chi connectivity index (χ2n) is 4.25. The van der Waals surface area contributed by atoms with Crippen molar-refractivity contribution >= 4 is 12.0 Å². The minimum atomic E-state index is -0.198. The summed E-state index contributed by atoms with van der Waals surface area (Å²) in [4.78, 5) is 13.6. The van der Waals surface area contributed by atoms with Crippen molar-refractivity contribution in [2.45, 2.75) is 12.8 Å². The van der Waals surface area contributed by atoms with Gasteiger partial charge in [0.25, 0.3) is 0 Å². The molecule has 5 nitrogen and oxygen atoms in total. The number of benzene rings is 1. The summed E-state index contributed by atoms with van der Waals surface area (Å²) in [6.45, 7) is 0.675. The van der Waals surface area contributed by atoms with Crippen LogP contribution in [-0.4, -0.2) is 31.0 Å². The molecule has 0 fully saturated rings. The fourth-order valence-electron chi connectivity index (χ4n) is 1.69. The highest BCUT2D eigenvalue weighted by atomic mass is 16.5. The molecule has 21 heavy (non-hydrogen) atoms.